The van der Waals surface area contributed by atoms with Crippen molar-refractivity contribution in [1.82, 2.24) is 4.98 Å². The van der Waals surface area contributed by atoms with Gasteiger partial charge in [-0.3, -0.25) is 9.78 Å². The average molecular weight is 189 g/mol. The van der Waals surface area contributed by atoms with Crippen molar-refractivity contribution in [1.29, 1.82) is 0 Å². The first-order chi connectivity index (χ1) is 6.79. The van der Waals surface area contributed by atoms with Crippen LogP contribution in [0.25, 0.3) is 11.3 Å². The van der Waals surface area contributed by atoms with Gasteiger partial charge in [-0.05, 0) is 12.1 Å². The first kappa shape index (κ1) is 8.50. The molecule has 1 N–H and O–H groups in total. The third-order valence-electron chi connectivity index (χ3n) is 1.78. The molecule has 0 unspecified atom stereocenters. The van der Waals surface area contributed by atoms with Crippen LogP contribution in [-0.2, 0) is 0 Å². The number of rotatable bonds is 1. The molecule has 0 radical (unpaired) electrons. The highest BCUT2D eigenvalue weighted by Crippen LogP contribution is 2.24. The Balaban J connectivity index is 2.64. The number of aromatic nitrogens is 1. The van der Waals surface area contributed by atoms with Crippen LogP contribution >= 0.6 is 0 Å². The van der Waals surface area contributed by atoms with Crippen molar-refractivity contribution >= 4 is 0 Å². The fraction of sp³-hybridized carbons (Fsp3) is 0. The lowest BCUT2D eigenvalue weighted by Crippen LogP contribution is -1.98. The summed E-state index contributed by atoms with van der Waals surface area (Å²) in [5, 5.41) is 9.42. The first-order valence-electron chi connectivity index (χ1n) is 4.00. The van der Waals surface area contributed by atoms with Crippen molar-refractivity contribution in [2.45, 2.75) is 0 Å². The summed E-state index contributed by atoms with van der Waals surface area (Å²) in [5.74, 6) is -0.244. The van der Waals surface area contributed by atoms with Crippen LogP contribution in [0.3, 0.4) is 0 Å². The summed E-state index contributed by atoms with van der Waals surface area (Å²) >= 11 is 0. The highest BCUT2D eigenvalue weighted by molar-refractivity contribution is 5.62. The normalized spacial score (nSPS) is 10.0. The molecule has 0 saturated carbocycles. The highest BCUT2D eigenvalue weighted by atomic mass is 16.4. The van der Waals surface area contributed by atoms with Crippen LogP contribution in [0.5, 0.6) is 5.75 Å². The van der Waals surface area contributed by atoms with Gasteiger partial charge in [0.2, 0.25) is 11.2 Å². The molecule has 2 aromatic heterocycles. The van der Waals surface area contributed by atoms with Crippen LogP contribution in [0.2, 0.25) is 0 Å². The van der Waals surface area contributed by atoms with Gasteiger partial charge in [-0.1, -0.05) is 0 Å². The van der Waals surface area contributed by atoms with Crippen LogP contribution in [-0.4, -0.2) is 10.1 Å². The van der Waals surface area contributed by atoms with E-state index in [0.29, 0.717) is 5.56 Å². The van der Waals surface area contributed by atoms with Crippen LogP contribution in [0.15, 0.2) is 46.1 Å². The highest BCUT2D eigenvalue weighted by Gasteiger charge is 2.09. The number of hydrogen-bond donors (Lipinski definition) is 1. The van der Waals surface area contributed by atoms with E-state index in [1.807, 2.05) is 0 Å². The van der Waals surface area contributed by atoms with Gasteiger partial charge >= 0.3 is 0 Å². The summed E-state index contributed by atoms with van der Waals surface area (Å²) in [6, 6.07) is 4.56. The van der Waals surface area contributed by atoms with Gasteiger partial charge in [0.25, 0.3) is 0 Å². The Kier molecular flexibility index (Phi) is 2.02. The molecule has 0 aliphatic rings. The second-order valence-corrected chi connectivity index (χ2v) is 2.70. The van der Waals surface area contributed by atoms with Crippen LogP contribution < -0.4 is 5.43 Å². The molecule has 70 valence electrons. The third-order valence-corrected chi connectivity index (χ3v) is 1.78. The van der Waals surface area contributed by atoms with E-state index in [-0.39, 0.29) is 11.5 Å². The topological polar surface area (TPSA) is 63.3 Å². The van der Waals surface area contributed by atoms with Gasteiger partial charge in [-0.25, -0.2) is 0 Å². The van der Waals surface area contributed by atoms with Crippen LogP contribution in [0.4, 0.5) is 0 Å². The van der Waals surface area contributed by atoms with Gasteiger partial charge < -0.3 is 9.52 Å². The molecule has 0 aliphatic heterocycles. The van der Waals surface area contributed by atoms with Crippen molar-refractivity contribution in [3.05, 3.63) is 47.1 Å². The van der Waals surface area contributed by atoms with E-state index in [1.165, 1.54) is 12.5 Å². The van der Waals surface area contributed by atoms with Gasteiger partial charge in [-0.2, -0.15) is 0 Å². The van der Waals surface area contributed by atoms with Gasteiger partial charge in [0, 0.05) is 24.0 Å². The van der Waals surface area contributed by atoms with E-state index in [0.717, 1.165) is 6.07 Å². The number of hydrogen-bond acceptors (Lipinski definition) is 4. The monoisotopic (exact) mass is 189 g/mol. The van der Waals surface area contributed by atoms with E-state index >= 15 is 0 Å². The zero-order valence-electron chi connectivity index (χ0n) is 7.18. The van der Waals surface area contributed by atoms with Crippen molar-refractivity contribution < 1.29 is 9.52 Å². The first-order valence-corrected chi connectivity index (χ1v) is 4.00. The minimum atomic E-state index is -0.463. The summed E-state index contributed by atoms with van der Waals surface area (Å²) in [7, 11) is 0. The van der Waals surface area contributed by atoms with Gasteiger partial charge in [0.15, 0.2) is 5.76 Å². The van der Waals surface area contributed by atoms with Gasteiger partial charge in [0.05, 0.1) is 6.26 Å². The maximum atomic E-state index is 11.1. The van der Waals surface area contributed by atoms with E-state index in [4.69, 9.17) is 4.42 Å². The van der Waals surface area contributed by atoms with E-state index in [2.05, 4.69) is 4.98 Å². The Morgan fingerprint density at radius 3 is 2.93 bits per heavy atom. The van der Waals surface area contributed by atoms with Crippen molar-refractivity contribution in [3.8, 4) is 17.1 Å². The Labute approximate surface area is 79.5 Å². The lowest BCUT2D eigenvalue weighted by molar-refractivity contribution is 0.438. The third kappa shape index (κ3) is 1.37. The quantitative estimate of drug-likeness (QED) is 0.736. The Morgan fingerprint density at radius 2 is 2.21 bits per heavy atom. The molecule has 0 bridgehead atoms. The average Bonchev–Trinajstić information content (AvgIpc) is 2.23. The van der Waals surface area contributed by atoms with Crippen LogP contribution in [0, 0.1) is 0 Å². The van der Waals surface area contributed by atoms with Crippen molar-refractivity contribution in [2.24, 2.45) is 0 Å². The second-order valence-electron chi connectivity index (χ2n) is 2.70. The Morgan fingerprint density at radius 1 is 1.36 bits per heavy atom. The Bertz CT molecular complexity index is 490. The molecule has 2 aromatic rings. The van der Waals surface area contributed by atoms with Gasteiger partial charge in [-0.15, -0.1) is 0 Å². The molecule has 0 aromatic carbocycles. The standard InChI is InChI=1S/C10H7NO3/c12-8-3-5-14-10(9(8)13)7-2-1-4-11-6-7/h1-6,13H. The molecule has 4 nitrogen and oxygen atoms in total. The predicted molar refractivity (Wildman–Crippen MR) is 49.9 cm³/mol. The number of pyridine rings is 1. The number of nitrogens with zero attached hydrogens (tertiary/aromatic N) is 1. The SMILES string of the molecule is O=c1ccoc(-c2cccnc2)c1O. The lowest BCUT2D eigenvalue weighted by atomic mass is 10.2. The van der Waals surface area contributed by atoms with E-state index in [9.17, 15) is 9.90 Å². The fourth-order valence-electron chi connectivity index (χ4n) is 1.11. The van der Waals surface area contributed by atoms with Crippen molar-refractivity contribution in [2.75, 3.05) is 0 Å². The largest absolute Gasteiger partial charge is 0.502 e. The Hall–Kier alpha value is -2.10. The predicted octanol–water partition coefficient (Wildman–Crippen LogP) is 1.41. The summed E-state index contributed by atoms with van der Waals surface area (Å²) < 4.78 is 5.03. The fourth-order valence-corrected chi connectivity index (χ4v) is 1.11. The number of aromatic hydroxyl groups is 1. The summed E-state index contributed by atoms with van der Waals surface area (Å²) in [6.07, 6.45) is 4.35. The molecular weight excluding hydrogens is 182 g/mol. The maximum Gasteiger partial charge on any atom is 0.227 e. The smallest absolute Gasteiger partial charge is 0.227 e. The molecule has 0 aliphatic carbocycles. The summed E-state index contributed by atoms with van der Waals surface area (Å²) in [6.45, 7) is 0. The molecule has 0 saturated heterocycles. The maximum absolute atomic E-state index is 11.1. The molecule has 0 atom stereocenters. The molecule has 14 heavy (non-hydrogen) atoms. The van der Waals surface area contributed by atoms with E-state index < -0.39 is 5.43 Å². The molecular formula is C10H7NO3. The minimum absolute atomic E-state index is 0.144. The zero-order valence-corrected chi connectivity index (χ0v) is 7.18. The summed E-state index contributed by atoms with van der Waals surface area (Å²) in [4.78, 5) is 14.9. The summed E-state index contributed by atoms with van der Waals surface area (Å²) in [5.41, 5.74) is 0.109. The van der Waals surface area contributed by atoms with Crippen LogP contribution in [0.1, 0.15) is 0 Å². The molecule has 0 amide bonds. The molecule has 0 fully saturated rings. The minimum Gasteiger partial charge on any atom is -0.502 e. The molecule has 2 heterocycles. The zero-order chi connectivity index (χ0) is 9.97. The lowest BCUT2D eigenvalue weighted by Gasteiger charge is -2.00. The second kappa shape index (κ2) is 3.33. The molecule has 2 rings (SSSR count). The molecule has 4 heteroatoms. The van der Waals surface area contributed by atoms with E-state index in [1.54, 1.807) is 18.3 Å². The molecule has 0 spiro atoms. The van der Waals surface area contributed by atoms with Crippen molar-refractivity contribution in [3.63, 3.8) is 0 Å². The van der Waals surface area contributed by atoms with Gasteiger partial charge in [0.1, 0.15) is 0 Å².